The molecule has 24 heavy (non-hydrogen) atoms. The van der Waals surface area contributed by atoms with Gasteiger partial charge >= 0.3 is 0 Å². The van der Waals surface area contributed by atoms with Crippen molar-refractivity contribution < 1.29 is 22.3 Å². The summed E-state index contributed by atoms with van der Waals surface area (Å²) in [6, 6.07) is 20.4. The van der Waals surface area contributed by atoms with Gasteiger partial charge in [0, 0.05) is 31.0 Å². The average molecular weight is 348 g/mol. The van der Waals surface area contributed by atoms with Gasteiger partial charge in [-0.25, -0.2) is 0 Å². The topological polar surface area (TPSA) is 35.9 Å². The molecule has 1 N–H and O–H groups in total. The summed E-state index contributed by atoms with van der Waals surface area (Å²) in [6.45, 7) is 4.56. The van der Waals surface area contributed by atoms with Crippen LogP contribution in [0, 0.1) is 0 Å². The first-order valence-electron chi connectivity index (χ1n) is 8.19. The maximum atomic E-state index is 10.6. The van der Waals surface area contributed by atoms with Gasteiger partial charge in [0.25, 0.3) is 0 Å². The van der Waals surface area contributed by atoms with E-state index in [1.165, 1.54) is 0 Å². The van der Waals surface area contributed by atoms with E-state index in [-0.39, 0.29) is 12.4 Å². The Balaban J connectivity index is 0.00000208. The molecule has 1 heterocycles. The molecule has 1 atom stereocenters. The summed E-state index contributed by atoms with van der Waals surface area (Å²) in [6.07, 6.45) is -0.409. The van der Waals surface area contributed by atoms with Gasteiger partial charge in [-0.1, -0.05) is 36.4 Å². The molecule has 0 spiro atoms. The van der Waals surface area contributed by atoms with E-state index in [0.29, 0.717) is 13.1 Å². The number of halogens is 1. The number of hydrogen-bond acceptors (Lipinski definition) is 4. The van der Waals surface area contributed by atoms with E-state index in [2.05, 4.69) is 34.1 Å². The third-order valence-electron chi connectivity index (χ3n) is 4.10. The zero-order valence-electron chi connectivity index (χ0n) is 13.7. The highest BCUT2D eigenvalue weighted by Gasteiger charge is 2.18. The molecule has 1 unspecified atom stereocenters. The first kappa shape index (κ1) is 18.7. The van der Waals surface area contributed by atoms with Gasteiger partial charge in [0.05, 0.1) is 25.9 Å². The number of rotatable bonds is 6. The van der Waals surface area contributed by atoms with Crippen molar-refractivity contribution in [3.05, 3.63) is 60.7 Å². The highest BCUT2D eigenvalue weighted by molar-refractivity contribution is 5.63. The Hall–Kier alpha value is -1.59. The number of nitrogens with zero attached hydrogens (tertiary/aromatic N) is 2. The van der Waals surface area contributed by atoms with Gasteiger partial charge in [-0.3, -0.25) is 4.90 Å². The molecule has 0 saturated carbocycles. The fourth-order valence-corrected chi connectivity index (χ4v) is 2.93. The molecule has 3 rings (SSSR count). The standard InChI is InChI=1S/C19H24N2O2.ClH/c22-19(15-20-11-13-23-14-12-20)16-21(17-7-3-1-4-8-17)18-9-5-2-6-10-18;/h1-10,19,22H,11-16H2;1H/p-1. The number of ether oxygens (including phenoxy) is 1. The highest BCUT2D eigenvalue weighted by Crippen LogP contribution is 2.25. The minimum Gasteiger partial charge on any atom is -1.00 e. The van der Waals surface area contributed by atoms with Gasteiger partial charge in [0.1, 0.15) is 0 Å². The molecular formula is C19H24ClN2O2-. The number of hydrogen-bond donors (Lipinski definition) is 1. The molecule has 0 bridgehead atoms. The Morgan fingerprint density at radius 1 is 0.917 bits per heavy atom. The Morgan fingerprint density at radius 2 is 1.42 bits per heavy atom. The van der Waals surface area contributed by atoms with Crippen molar-refractivity contribution in [1.82, 2.24) is 4.90 Å². The Morgan fingerprint density at radius 3 is 1.92 bits per heavy atom. The zero-order chi connectivity index (χ0) is 15.9. The van der Waals surface area contributed by atoms with Gasteiger partial charge in [0.15, 0.2) is 0 Å². The monoisotopic (exact) mass is 347 g/mol. The summed E-state index contributed by atoms with van der Waals surface area (Å²) in [5, 5.41) is 10.6. The lowest BCUT2D eigenvalue weighted by atomic mass is 10.2. The van der Waals surface area contributed by atoms with Gasteiger partial charge in [-0.05, 0) is 24.3 Å². The molecule has 0 amide bonds. The van der Waals surface area contributed by atoms with E-state index >= 15 is 0 Å². The van der Waals surface area contributed by atoms with E-state index in [1.54, 1.807) is 0 Å². The predicted octanol–water partition coefficient (Wildman–Crippen LogP) is -0.478. The summed E-state index contributed by atoms with van der Waals surface area (Å²) in [7, 11) is 0. The lowest BCUT2D eigenvalue weighted by molar-refractivity contribution is -0.0000164. The molecule has 4 nitrogen and oxygen atoms in total. The molecule has 5 heteroatoms. The SMILES string of the molecule is OC(CN1CCOCC1)CN(c1ccccc1)c1ccccc1.[Cl-]. The Bertz CT molecular complexity index is 537. The van der Waals surface area contributed by atoms with Crippen LogP contribution >= 0.6 is 0 Å². The van der Waals surface area contributed by atoms with Crippen LogP contribution in [0.25, 0.3) is 0 Å². The van der Waals surface area contributed by atoms with Crippen LogP contribution in [0.2, 0.25) is 0 Å². The largest absolute Gasteiger partial charge is 1.00 e. The van der Waals surface area contributed by atoms with Gasteiger partial charge in [0.2, 0.25) is 0 Å². The summed E-state index contributed by atoms with van der Waals surface area (Å²) < 4.78 is 5.37. The van der Waals surface area contributed by atoms with Crippen molar-refractivity contribution in [2.75, 3.05) is 44.3 Å². The summed E-state index contributed by atoms with van der Waals surface area (Å²) in [5.74, 6) is 0. The average Bonchev–Trinajstić information content (AvgIpc) is 2.62. The zero-order valence-corrected chi connectivity index (χ0v) is 14.5. The molecule has 1 fully saturated rings. The van der Waals surface area contributed by atoms with Crippen molar-refractivity contribution >= 4 is 11.4 Å². The van der Waals surface area contributed by atoms with Crippen LogP contribution in [0.5, 0.6) is 0 Å². The predicted molar refractivity (Wildman–Crippen MR) is 93.2 cm³/mol. The number of anilines is 2. The second-order valence-electron chi connectivity index (χ2n) is 5.85. The summed E-state index contributed by atoms with van der Waals surface area (Å²) >= 11 is 0. The lowest BCUT2D eigenvalue weighted by Crippen LogP contribution is -3.00. The molecule has 130 valence electrons. The number of morpholine rings is 1. The lowest BCUT2D eigenvalue weighted by Gasteiger charge is -2.32. The van der Waals surface area contributed by atoms with Crippen molar-refractivity contribution in [1.29, 1.82) is 0 Å². The molecule has 2 aromatic carbocycles. The minimum atomic E-state index is -0.409. The van der Waals surface area contributed by atoms with E-state index in [4.69, 9.17) is 4.74 Å². The quantitative estimate of drug-likeness (QED) is 0.766. The Labute approximate surface area is 150 Å². The summed E-state index contributed by atoms with van der Waals surface area (Å²) in [4.78, 5) is 4.44. The molecule has 1 saturated heterocycles. The number of aliphatic hydroxyl groups excluding tert-OH is 1. The smallest absolute Gasteiger partial charge is 0.0845 e. The second kappa shape index (κ2) is 9.64. The van der Waals surface area contributed by atoms with Gasteiger partial charge in [-0.2, -0.15) is 0 Å². The van der Waals surface area contributed by atoms with E-state index in [9.17, 15) is 5.11 Å². The fourth-order valence-electron chi connectivity index (χ4n) is 2.93. The van der Waals surface area contributed by atoms with E-state index in [0.717, 1.165) is 37.7 Å². The highest BCUT2D eigenvalue weighted by atomic mass is 35.5. The maximum Gasteiger partial charge on any atom is 0.0845 e. The number of para-hydroxylation sites is 2. The maximum absolute atomic E-state index is 10.6. The van der Waals surface area contributed by atoms with Crippen LogP contribution in [0.1, 0.15) is 0 Å². The molecule has 2 aromatic rings. The summed E-state index contributed by atoms with van der Waals surface area (Å²) in [5.41, 5.74) is 2.19. The first-order valence-corrected chi connectivity index (χ1v) is 8.19. The van der Waals surface area contributed by atoms with Crippen molar-refractivity contribution in [3.63, 3.8) is 0 Å². The van der Waals surface area contributed by atoms with E-state index in [1.807, 2.05) is 36.4 Å². The van der Waals surface area contributed by atoms with Crippen LogP contribution in [-0.2, 0) is 4.74 Å². The normalized spacial score (nSPS) is 16.2. The number of aliphatic hydroxyl groups is 1. The molecule has 1 aliphatic heterocycles. The molecule has 0 radical (unpaired) electrons. The van der Waals surface area contributed by atoms with Crippen LogP contribution in [0.15, 0.2) is 60.7 Å². The van der Waals surface area contributed by atoms with Crippen molar-refractivity contribution in [2.45, 2.75) is 6.10 Å². The van der Waals surface area contributed by atoms with Gasteiger partial charge in [-0.15, -0.1) is 0 Å². The number of β-amino-alcohol motifs (C(OH)–C–C–N with tert-alkyl or cyclic N) is 1. The van der Waals surface area contributed by atoms with Crippen LogP contribution < -0.4 is 17.3 Å². The van der Waals surface area contributed by atoms with Crippen molar-refractivity contribution in [2.24, 2.45) is 0 Å². The van der Waals surface area contributed by atoms with Gasteiger partial charge < -0.3 is 27.2 Å². The first-order chi connectivity index (χ1) is 11.3. The minimum absolute atomic E-state index is 0. The van der Waals surface area contributed by atoms with Crippen LogP contribution in [-0.4, -0.2) is 55.5 Å². The molecule has 1 aliphatic rings. The fraction of sp³-hybridized carbons (Fsp3) is 0.368. The third-order valence-corrected chi connectivity index (χ3v) is 4.10. The molecule has 0 aliphatic carbocycles. The second-order valence-corrected chi connectivity index (χ2v) is 5.85. The van der Waals surface area contributed by atoms with Crippen LogP contribution in [0.3, 0.4) is 0 Å². The third kappa shape index (κ3) is 5.21. The molecule has 0 aromatic heterocycles. The number of benzene rings is 2. The molecular weight excluding hydrogens is 324 g/mol. The van der Waals surface area contributed by atoms with Crippen LogP contribution in [0.4, 0.5) is 11.4 Å². The van der Waals surface area contributed by atoms with E-state index < -0.39 is 6.10 Å². The Kier molecular flexibility index (Phi) is 7.53. The van der Waals surface area contributed by atoms with Crippen molar-refractivity contribution in [3.8, 4) is 0 Å².